The first-order valence-corrected chi connectivity index (χ1v) is 3.18. The fourth-order valence-corrected chi connectivity index (χ4v) is 1.11. The van der Waals surface area contributed by atoms with Gasteiger partial charge in [-0.2, -0.15) is 0 Å². The van der Waals surface area contributed by atoms with Crippen LogP contribution in [0.2, 0.25) is 0 Å². The number of halogens is 1. The maximum atomic E-state index is 2.30. The van der Waals surface area contributed by atoms with Gasteiger partial charge in [0.2, 0.25) is 0 Å². The first-order valence-electron chi connectivity index (χ1n) is 3.18. The van der Waals surface area contributed by atoms with Crippen molar-refractivity contribution < 1.29 is 28.9 Å². The van der Waals surface area contributed by atoms with Gasteiger partial charge in [-0.1, -0.05) is 0 Å². The molecule has 1 aliphatic heterocycles. The molecule has 1 N–H and O–H groups in total. The number of quaternary nitrogens is 1. The number of hydrogen-bond donors (Lipinski definition) is 1. The average Bonchev–Trinajstić information content (AvgIpc) is 1.57. The van der Waals surface area contributed by atoms with Gasteiger partial charge in [0, 0.05) is 0 Å². The molecule has 9 heavy (non-hydrogen) atoms. The highest BCUT2D eigenvalue weighted by Crippen LogP contribution is 1.91. The fourth-order valence-electron chi connectivity index (χ4n) is 1.11. The van der Waals surface area contributed by atoms with Gasteiger partial charge in [-0.25, -0.2) is 0 Å². The van der Waals surface area contributed by atoms with Crippen LogP contribution < -0.4 is 28.9 Å². The van der Waals surface area contributed by atoms with Crippen molar-refractivity contribution in [3.63, 3.8) is 0 Å². The molecule has 0 amide bonds. The predicted molar refractivity (Wildman–Crippen MR) is 34.1 cm³/mol. The maximum absolute atomic E-state index is 2.30. The number of hydrogen-bond acceptors (Lipinski definition) is 1. The molecule has 0 unspecified atom stereocenters. The Kier molecular flexibility index (Phi) is 4.00. The van der Waals surface area contributed by atoms with E-state index in [4.69, 9.17) is 0 Å². The molecule has 2 nitrogen and oxygen atoms in total. The topological polar surface area (TPSA) is 7.68 Å². The summed E-state index contributed by atoms with van der Waals surface area (Å²) >= 11 is 0. The van der Waals surface area contributed by atoms with E-state index in [2.05, 4.69) is 26.0 Å². The third-order valence-electron chi connectivity index (χ3n) is 1.90. The largest absolute Gasteiger partial charge is 1.00 e. The van der Waals surface area contributed by atoms with Gasteiger partial charge in [0.1, 0.15) is 6.04 Å². The fraction of sp³-hybridized carbons (Fsp3) is 1.00. The normalized spacial score (nSPS) is 33.3. The zero-order chi connectivity index (χ0) is 6.15. The summed E-state index contributed by atoms with van der Waals surface area (Å²) in [6.07, 6.45) is 0. The van der Waals surface area contributed by atoms with Crippen LogP contribution in [0.3, 0.4) is 0 Å². The van der Waals surface area contributed by atoms with Crippen molar-refractivity contribution in [1.29, 1.82) is 0 Å². The van der Waals surface area contributed by atoms with Crippen LogP contribution >= 0.6 is 0 Å². The molecule has 0 aromatic heterocycles. The summed E-state index contributed by atoms with van der Waals surface area (Å²) in [5.41, 5.74) is 0. The molecule has 0 bridgehead atoms. The van der Waals surface area contributed by atoms with Crippen molar-refractivity contribution in [3.05, 3.63) is 0 Å². The van der Waals surface area contributed by atoms with Gasteiger partial charge in [-0.3, -0.25) is 4.90 Å². The van der Waals surface area contributed by atoms with Crippen molar-refractivity contribution in [2.24, 2.45) is 0 Å². The van der Waals surface area contributed by atoms with Crippen molar-refractivity contribution in [2.45, 2.75) is 6.04 Å². The van der Waals surface area contributed by atoms with Gasteiger partial charge in [0.25, 0.3) is 0 Å². The van der Waals surface area contributed by atoms with E-state index >= 15 is 0 Å². The monoisotopic (exact) mass is 242 g/mol. The molecule has 1 heterocycles. The van der Waals surface area contributed by atoms with Crippen LogP contribution in [0.4, 0.5) is 0 Å². The summed E-state index contributed by atoms with van der Waals surface area (Å²) in [6, 6.07) is 0.856. The zero-order valence-corrected chi connectivity index (χ0v) is 8.47. The first kappa shape index (κ1) is 9.65. The second-order valence-electron chi connectivity index (χ2n) is 2.98. The summed E-state index contributed by atoms with van der Waals surface area (Å²) in [4.78, 5) is 3.95. The van der Waals surface area contributed by atoms with Gasteiger partial charge < -0.3 is 28.9 Å². The lowest BCUT2D eigenvalue weighted by molar-refractivity contribution is -0.926. The lowest BCUT2D eigenvalue weighted by Crippen LogP contribution is -3.19. The van der Waals surface area contributed by atoms with E-state index in [1.807, 2.05) is 0 Å². The third-order valence-corrected chi connectivity index (χ3v) is 1.90. The molecule has 1 rings (SSSR count). The lowest BCUT2D eigenvalue weighted by atomic mass is 10.1. The Bertz CT molecular complexity index is 79.1. The minimum atomic E-state index is 0. The summed E-state index contributed by atoms with van der Waals surface area (Å²) in [5, 5.41) is 0. The van der Waals surface area contributed by atoms with Crippen LogP contribution in [0.25, 0.3) is 0 Å². The molecule has 0 atom stereocenters. The van der Waals surface area contributed by atoms with Crippen LogP contribution in [-0.2, 0) is 0 Å². The molecule has 0 aromatic carbocycles. The molecule has 0 radical (unpaired) electrons. The van der Waals surface area contributed by atoms with Crippen LogP contribution in [0.5, 0.6) is 0 Å². The third kappa shape index (κ3) is 2.39. The highest BCUT2D eigenvalue weighted by Gasteiger charge is 2.29. The second kappa shape index (κ2) is 3.73. The quantitative estimate of drug-likeness (QED) is 0.455. The molecule has 1 fully saturated rings. The van der Waals surface area contributed by atoms with Gasteiger partial charge in [-0.15, -0.1) is 0 Å². The van der Waals surface area contributed by atoms with Crippen LogP contribution in [0.15, 0.2) is 0 Å². The van der Waals surface area contributed by atoms with E-state index in [0.717, 1.165) is 6.04 Å². The van der Waals surface area contributed by atoms with E-state index in [9.17, 15) is 0 Å². The van der Waals surface area contributed by atoms with E-state index in [1.165, 1.54) is 13.1 Å². The minimum absolute atomic E-state index is 0. The Morgan fingerprint density at radius 2 is 1.78 bits per heavy atom. The van der Waals surface area contributed by atoms with Gasteiger partial charge in [0.05, 0.1) is 20.1 Å². The van der Waals surface area contributed by atoms with Gasteiger partial charge in [0.15, 0.2) is 0 Å². The maximum Gasteiger partial charge on any atom is 0.108 e. The van der Waals surface area contributed by atoms with Crippen LogP contribution in [-0.4, -0.2) is 45.2 Å². The molecule has 0 aliphatic carbocycles. The molecule has 0 saturated carbocycles. The Morgan fingerprint density at radius 3 is 1.89 bits per heavy atom. The first-order chi connectivity index (χ1) is 3.70. The molecule has 56 valence electrons. The number of likely N-dealkylation sites (tertiary alicyclic amines) is 1. The molecule has 1 saturated heterocycles. The Balaban J connectivity index is 0.000000640. The average molecular weight is 242 g/mol. The Labute approximate surface area is 74.2 Å². The smallest absolute Gasteiger partial charge is 0.108 e. The highest BCUT2D eigenvalue weighted by atomic mass is 127. The van der Waals surface area contributed by atoms with E-state index in [-0.39, 0.29) is 24.0 Å². The highest BCUT2D eigenvalue weighted by molar-refractivity contribution is 4.68. The number of nitrogens with zero attached hydrogens (tertiary/aromatic N) is 1. The Morgan fingerprint density at radius 1 is 1.33 bits per heavy atom. The van der Waals surface area contributed by atoms with E-state index in [1.54, 1.807) is 4.90 Å². The number of likely N-dealkylation sites (N-methyl/N-ethyl adjacent to an activating group) is 2. The zero-order valence-electron chi connectivity index (χ0n) is 6.32. The van der Waals surface area contributed by atoms with E-state index in [0.29, 0.717) is 0 Å². The van der Waals surface area contributed by atoms with Crippen molar-refractivity contribution in [2.75, 3.05) is 34.2 Å². The van der Waals surface area contributed by atoms with Crippen LogP contribution in [0.1, 0.15) is 0 Å². The summed E-state index contributed by atoms with van der Waals surface area (Å²) in [6.45, 7) is 2.65. The summed E-state index contributed by atoms with van der Waals surface area (Å²) < 4.78 is 0. The molecule has 1 aliphatic rings. The molecule has 0 spiro atoms. The summed E-state index contributed by atoms with van der Waals surface area (Å²) in [5.74, 6) is 0. The molecular weight excluding hydrogens is 227 g/mol. The Hall–Kier alpha value is 0.650. The van der Waals surface area contributed by atoms with E-state index < -0.39 is 0 Å². The van der Waals surface area contributed by atoms with Crippen LogP contribution in [0, 0.1) is 0 Å². The standard InChI is InChI=1S/C6H14N2.HI/c1-7(2)6-4-8(3)5-6;/h6H,4-5H2,1-3H3;1H. The van der Waals surface area contributed by atoms with Crippen molar-refractivity contribution >= 4 is 0 Å². The number of rotatable bonds is 1. The molecule has 0 aromatic rings. The summed E-state index contributed by atoms with van der Waals surface area (Å²) in [7, 11) is 6.54. The van der Waals surface area contributed by atoms with Crippen molar-refractivity contribution in [3.8, 4) is 0 Å². The molecular formula is C6H15IN2. The van der Waals surface area contributed by atoms with Gasteiger partial charge >= 0.3 is 0 Å². The lowest BCUT2D eigenvalue weighted by Gasteiger charge is -2.36. The van der Waals surface area contributed by atoms with Gasteiger partial charge in [-0.05, 0) is 14.1 Å². The SMILES string of the molecule is CN(C)C1C[NH+](C)C1.[I-]. The number of nitrogens with one attached hydrogen (secondary N) is 1. The minimum Gasteiger partial charge on any atom is -1.00 e. The molecule has 3 heteroatoms. The second-order valence-corrected chi connectivity index (χ2v) is 2.98. The van der Waals surface area contributed by atoms with Crippen molar-refractivity contribution in [1.82, 2.24) is 4.90 Å². The predicted octanol–water partition coefficient (Wildman–Crippen LogP) is -4.55.